The number of aromatic nitrogens is 2. The lowest BCUT2D eigenvalue weighted by Crippen LogP contribution is -2.16. The van der Waals surface area contributed by atoms with Crippen LogP contribution in [0.5, 0.6) is 0 Å². The zero-order valence-corrected chi connectivity index (χ0v) is 36.1. The number of para-hydroxylation sites is 2. The molecule has 0 spiro atoms. The molecule has 8 aromatic carbocycles. The number of benzene rings is 8. The molecule has 0 saturated heterocycles. The van der Waals surface area contributed by atoms with Gasteiger partial charge in [-0.05, 0) is 165 Å². The highest BCUT2D eigenvalue weighted by Crippen LogP contribution is 2.51. The zero-order valence-electron chi connectivity index (χ0n) is 36.1. The second kappa shape index (κ2) is 15.3. The van der Waals surface area contributed by atoms with Crippen molar-refractivity contribution in [3.8, 4) is 44.8 Å². The Morgan fingerprint density at radius 3 is 1.42 bits per heavy atom. The third-order valence-electron chi connectivity index (χ3n) is 13.8. The predicted octanol–water partition coefficient (Wildman–Crippen LogP) is 14.7. The van der Waals surface area contributed by atoms with Gasteiger partial charge < -0.3 is 20.3 Å². The van der Waals surface area contributed by atoms with Crippen molar-refractivity contribution >= 4 is 55.0 Å². The molecule has 65 heavy (non-hydrogen) atoms. The summed E-state index contributed by atoms with van der Waals surface area (Å²) in [5, 5.41) is 13.7. The number of aryl methyl sites for hydroxylation is 4. The summed E-state index contributed by atoms with van der Waals surface area (Å²) in [6.45, 7) is 7.57. The standard InChI is InChI=1S/C61H46N4/c1-3-5-17-55(63)41-24-20-39(21-25-41)43-29-33-57-51(35-43)53-37-45-27-26-44-36-52-50-34-42(38-18-22-40(23-19-38)54(62)12-4-2)28-32-56(50)64(46-13-8-6-9-14-46)60(52)48-30-31-49(59(45)58(44)48)61(53)65(57)47-15-10-7-11-16-47/h3-25,28-29,32-37,63H,1-2,26-27,30-31,62H2/b17-5-,54-12-,63-55?. The first-order valence-electron chi connectivity index (χ1n) is 22.5. The lowest BCUT2D eigenvalue weighted by molar-refractivity contribution is 0.883. The van der Waals surface area contributed by atoms with Crippen LogP contribution in [0.25, 0.3) is 94.1 Å². The normalized spacial score (nSPS) is 13.3. The molecule has 4 nitrogen and oxygen atoms in total. The SMILES string of the molecule is C=C/C=C\C(=N)c1ccc(-c2ccc3c(c2)c2cc4c5c(c2n3-c2ccccc2)CCc2c-5c(cc3c5cc(-c6ccc(/C(N)=C/C=C)cc6)ccc5n(-c5ccccc5)c23)CC4)cc1. The fraction of sp³-hybridized carbons (Fsp3) is 0.0656. The van der Waals surface area contributed by atoms with Gasteiger partial charge in [0, 0.05) is 38.6 Å². The fourth-order valence-corrected chi connectivity index (χ4v) is 10.9. The van der Waals surface area contributed by atoms with E-state index in [0.29, 0.717) is 11.4 Å². The molecule has 2 aliphatic rings. The monoisotopic (exact) mass is 834 g/mol. The first-order chi connectivity index (χ1) is 32.0. The molecule has 0 unspecified atom stereocenters. The van der Waals surface area contributed by atoms with E-state index in [1.54, 1.807) is 18.2 Å². The van der Waals surface area contributed by atoms with Crippen LogP contribution in [0, 0.1) is 5.41 Å². The van der Waals surface area contributed by atoms with Crippen LogP contribution in [-0.4, -0.2) is 14.8 Å². The quantitative estimate of drug-likeness (QED) is 0.110. The van der Waals surface area contributed by atoms with Gasteiger partial charge in [0.25, 0.3) is 0 Å². The van der Waals surface area contributed by atoms with Gasteiger partial charge >= 0.3 is 0 Å². The van der Waals surface area contributed by atoms with E-state index in [9.17, 15) is 0 Å². The number of fused-ring (bicyclic) bond motifs is 8. The molecule has 0 radical (unpaired) electrons. The number of rotatable bonds is 9. The second-order valence-electron chi connectivity index (χ2n) is 17.4. The molecule has 10 aromatic rings. The minimum absolute atomic E-state index is 0.472. The van der Waals surface area contributed by atoms with Gasteiger partial charge in [-0.1, -0.05) is 128 Å². The summed E-state index contributed by atoms with van der Waals surface area (Å²) < 4.78 is 5.05. The molecule has 2 heterocycles. The molecule has 3 N–H and O–H groups in total. The summed E-state index contributed by atoms with van der Waals surface area (Å²) in [7, 11) is 0. The fourth-order valence-electron chi connectivity index (χ4n) is 10.9. The predicted molar refractivity (Wildman–Crippen MR) is 275 cm³/mol. The van der Waals surface area contributed by atoms with Gasteiger partial charge in [0.2, 0.25) is 0 Å². The average Bonchev–Trinajstić information content (AvgIpc) is 3.87. The molecular formula is C61H46N4. The Balaban J connectivity index is 1.07. The molecule has 12 rings (SSSR count). The summed E-state index contributed by atoms with van der Waals surface area (Å²) in [5.41, 5.74) is 30.2. The lowest BCUT2D eigenvalue weighted by atomic mass is 9.74. The van der Waals surface area contributed by atoms with Crippen molar-refractivity contribution in [2.24, 2.45) is 5.73 Å². The van der Waals surface area contributed by atoms with E-state index in [4.69, 9.17) is 11.1 Å². The third-order valence-corrected chi connectivity index (χ3v) is 13.8. The zero-order chi connectivity index (χ0) is 43.8. The van der Waals surface area contributed by atoms with Crippen LogP contribution >= 0.6 is 0 Å². The van der Waals surface area contributed by atoms with Gasteiger partial charge in [0.05, 0.1) is 27.8 Å². The van der Waals surface area contributed by atoms with Crippen LogP contribution in [0.1, 0.15) is 33.4 Å². The highest BCUT2D eigenvalue weighted by molar-refractivity contribution is 6.17. The summed E-state index contributed by atoms with van der Waals surface area (Å²) in [6.07, 6.45) is 12.8. The van der Waals surface area contributed by atoms with Crippen molar-refractivity contribution in [3.63, 3.8) is 0 Å². The summed E-state index contributed by atoms with van der Waals surface area (Å²) in [5.74, 6) is 0. The average molecular weight is 835 g/mol. The van der Waals surface area contributed by atoms with Crippen molar-refractivity contribution in [1.29, 1.82) is 5.41 Å². The molecule has 0 saturated carbocycles. The first-order valence-corrected chi connectivity index (χ1v) is 22.5. The van der Waals surface area contributed by atoms with Gasteiger partial charge in [-0.3, -0.25) is 0 Å². The summed E-state index contributed by atoms with van der Waals surface area (Å²) >= 11 is 0. The Bertz CT molecular complexity index is 3670. The van der Waals surface area contributed by atoms with Crippen molar-refractivity contribution in [3.05, 3.63) is 235 Å². The highest BCUT2D eigenvalue weighted by Gasteiger charge is 2.33. The number of nitrogens with one attached hydrogen (secondary N) is 1. The second-order valence-corrected chi connectivity index (χ2v) is 17.4. The molecule has 2 aromatic heterocycles. The summed E-state index contributed by atoms with van der Waals surface area (Å²) in [6, 6.07) is 57.8. The first kappa shape index (κ1) is 38.5. The van der Waals surface area contributed by atoms with Gasteiger partial charge in [-0.2, -0.15) is 0 Å². The Kier molecular flexibility index (Phi) is 9.03. The van der Waals surface area contributed by atoms with Gasteiger partial charge in [0.1, 0.15) is 0 Å². The van der Waals surface area contributed by atoms with Crippen molar-refractivity contribution in [2.75, 3.05) is 0 Å². The largest absolute Gasteiger partial charge is 0.398 e. The molecule has 0 fully saturated rings. The van der Waals surface area contributed by atoms with E-state index in [-0.39, 0.29) is 0 Å². The Morgan fingerprint density at radius 2 is 0.954 bits per heavy atom. The van der Waals surface area contributed by atoms with Crippen LogP contribution in [0.3, 0.4) is 0 Å². The Morgan fingerprint density at radius 1 is 0.492 bits per heavy atom. The number of hydrogen-bond donors (Lipinski definition) is 2. The molecule has 0 amide bonds. The van der Waals surface area contributed by atoms with Gasteiger partial charge in [-0.15, -0.1) is 0 Å². The van der Waals surface area contributed by atoms with E-state index < -0.39 is 0 Å². The van der Waals surface area contributed by atoms with Crippen molar-refractivity contribution in [2.45, 2.75) is 25.7 Å². The number of nitrogens with zero attached hydrogens (tertiary/aromatic N) is 2. The number of allylic oxidation sites excluding steroid dienone is 5. The molecule has 2 aliphatic carbocycles. The third kappa shape index (κ3) is 6.09. The van der Waals surface area contributed by atoms with Crippen LogP contribution in [-0.2, 0) is 25.7 Å². The molecular weight excluding hydrogens is 789 g/mol. The van der Waals surface area contributed by atoms with E-state index in [0.717, 1.165) is 47.9 Å². The molecule has 0 aliphatic heterocycles. The number of nitrogens with two attached hydrogens (primary N) is 1. The van der Waals surface area contributed by atoms with E-state index in [2.05, 4.69) is 168 Å². The van der Waals surface area contributed by atoms with Crippen LogP contribution in [0.4, 0.5) is 0 Å². The molecule has 4 heteroatoms. The van der Waals surface area contributed by atoms with E-state index >= 15 is 0 Å². The van der Waals surface area contributed by atoms with Crippen LogP contribution < -0.4 is 5.73 Å². The van der Waals surface area contributed by atoms with Crippen LogP contribution in [0.15, 0.2) is 201 Å². The van der Waals surface area contributed by atoms with Gasteiger partial charge in [0.15, 0.2) is 0 Å². The molecule has 310 valence electrons. The smallest absolute Gasteiger partial charge is 0.0612 e. The van der Waals surface area contributed by atoms with E-state index in [1.807, 2.05) is 24.3 Å². The maximum absolute atomic E-state index is 8.49. The van der Waals surface area contributed by atoms with Gasteiger partial charge in [-0.25, -0.2) is 0 Å². The Labute approximate surface area is 378 Å². The maximum atomic E-state index is 8.49. The molecule has 0 atom stereocenters. The minimum Gasteiger partial charge on any atom is -0.398 e. The summed E-state index contributed by atoms with van der Waals surface area (Å²) in [4.78, 5) is 0. The number of hydrogen-bond acceptors (Lipinski definition) is 2. The highest BCUT2D eigenvalue weighted by atomic mass is 15.0. The lowest BCUT2D eigenvalue weighted by Gasteiger charge is -2.31. The van der Waals surface area contributed by atoms with Crippen molar-refractivity contribution < 1.29 is 0 Å². The molecule has 0 bridgehead atoms. The minimum atomic E-state index is 0.472. The van der Waals surface area contributed by atoms with E-state index in [1.165, 1.54) is 99.5 Å². The topological polar surface area (TPSA) is 59.7 Å². The maximum Gasteiger partial charge on any atom is 0.0612 e. The van der Waals surface area contributed by atoms with Crippen LogP contribution in [0.2, 0.25) is 0 Å². The Hall–Kier alpha value is -8.21. The van der Waals surface area contributed by atoms with Crippen molar-refractivity contribution in [1.82, 2.24) is 9.13 Å².